The molecule has 1 atom stereocenters. The van der Waals surface area contributed by atoms with E-state index in [1.165, 1.54) is 11.6 Å². The van der Waals surface area contributed by atoms with Crippen LogP contribution in [0.2, 0.25) is 0 Å². The van der Waals surface area contributed by atoms with Crippen molar-refractivity contribution >= 4 is 5.91 Å². The Hall–Kier alpha value is -1.61. The first-order chi connectivity index (χ1) is 8.48. The molecule has 0 saturated heterocycles. The molecule has 1 N–H and O–H groups in total. The summed E-state index contributed by atoms with van der Waals surface area (Å²) in [4.78, 5) is 13.5. The van der Waals surface area contributed by atoms with Crippen LogP contribution in [-0.2, 0) is 10.2 Å². The van der Waals surface area contributed by atoms with Crippen molar-refractivity contribution in [2.45, 2.75) is 12.3 Å². The summed E-state index contributed by atoms with van der Waals surface area (Å²) in [7, 11) is 4.08. The lowest BCUT2D eigenvalue weighted by molar-refractivity contribution is -0.116. The molecule has 0 spiro atoms. The fraction of sp³-hybridized carbons (Fsp3) is 0.400. The third-order valence-corrected chi connectivity index (χ3v) is 2.97. The van der Waals surface area contributed by atoms with E-state index < -0.39 is 0 Å². The van der Waals surface area contributed by atoms with Gasteiger partial charge in [0, 0.05) is 18.5 Å². The SMILES string of the molecule is C=CC(=O)NCC(C)(CN(C)C)c1ccccc1. The van der Waals surface area contributed by atoms with Crippen molar-refractivity contribution in [3.05, 3.63) is 48.6 Å². The number of benzene rings is 1. The molecule has 3 heteroatoms. The van der Waals surface area contributed by atoms with Crippen molar-refractivity contribution in [3.63, 3.8) is 0 Å². The van der Waals surface area contributed by atoms with Crippen molar-refractivity contribution in [2.24, 2.45) is 0 Å². The summed E-state index contributed by atoms with van der Waals surface area (Å²) >= 11 is 0. The van der Waals surface area contributed by atoms with Gasteiger partial charge in [0.1, 0.15) is 0 Å². The van der Waals surface area contributed by atoms with Gasteiger partial charge < -0.3 is 10.2 Å². The van der Waals surface area contributed by atoms with Crippen LogP contribution in [0.25, 0.3) is 0 Å². The van der Waals surface area contributed by atoms with Crippen molar-refractivity contribution < 1.29 is 4.79 Å². The average molecular weight is 246 g/mol. The molecule has 98 valence electrons. The minimum atomic E-state index is -0.129. The van der Waals surface area contributed by atoms with Gasteiger partial charge in [0.05, 0.1) is 0 Å². The first-order valence-electron chi connectivity index (χ1n) is 6.08. The molecule has 0 aliphatic heterocycles. The Balaban J connectivity index is 2.88. The molecule has 0 radical (unpaired) electrons. The summed E-state index contributed by atoms with van der Waals surface area (Å²) in [5.74, 6) is -0.129. The van der Waals surface area contributed by atoms with E-state index in [0.29, 0.717) is 6.54 Å². The molecule has 3 nitrogen and oxygen atoms in total. The largest absolute Gasteiger partial charge is 0.352 e. The van der Waals surface area contributed by atoms with E-state index in [1.807, 2.05) is 32.3 Å². The number of hydrogen-bond acceptors (Lipinski definition) is 2. The Morgan fingerprint density at radius 2 is 2.00 bits per heavy atom. The lowest BCUT2D eigenvalue weighted by Crippen LogP contribution is -2.44. The normalized spacial score (nSPS) is 14.0. The Morgan fingerprint density at radius 3 is 2.50 bits per heavy atom. The van der Waals surface area contributed by atoms with E-state index in [-0.39, 0.29) is 11.3 Å². The maximum atomic E-state index is 11.3. The molecule has 1 rings (SSSR count). The number of carbonyl (C=O) groups excluding carboxylic acids is 1. The van der Waals surface area contributed by atoms with Crippen LogP contribution in [0.5, 0.6) is 0 Å². The first-order valence-corrected chi connectivity index (χ1v) is 6.08. The highest BCUT2D eigenvalue weighted by Crippen LogP contribution is 2.23. The van der Waals surface area contributed by atoms with Crippen LogP contribution in [0.4, 0.5) is 0 Å². The Labute approximate surface area is 109 Å². The summed E-state index contributed by atoms with van der Waals surface area (Å²) < 4.78 is 0. The Bertz CT molecular complexity index is 400. The molecule has 0 saturated carbocycles. The molecule has 1 aromatic carbocycles. The smallest absolute Gasteiger partial charge is 0.243 e. The third kappa shape index (κ3) is 4.00. The van der Waals surface area contributed by atoms with Gasteiger partial charge in [-0.3, -0.25) is 4.79 Å². The molecule has 0 heterocycles. The molecule has 0 aliphatic carbocycles. The second-order valence-electron chi connectivity index (χ2n) is 5.09. The van der Waals surface area contributed by atoms with E-state index in [4.69, 9.17) is 0 Å². The number of nitrogens with one attached hydrogen (secondary N) is 1. The number of likely N-dealkylation sites (N-methyl/N-ethyl adjacent to an activating group) is 1. The van der Waals surface area contributed by atoms with Gasteiger partial charge in [-0.25, -0.2) is 0 Å². The van der Waals surface area contributed by atoms with Crippen LogP contribution in [0.3, 0.4) is 0 Å². The van der Waals surface area contributed by atoms with Crippen LogP contribution in [0.15, 0.2) is 43.0 Å². The summed E-state index contributed by atoms with van der Waals surface area (Å²) in [5.41, 5.74) is 1.12. The lowest BCUT2D eigenvalue weighted by atomic mass is 9.82. The van der Waals surface area contributed by atoms with E-state index >= 15 is 0 Å². The minimum Gasteiger partial charge on any atom is -0.352 e. The molecule has 18 heavy (non-hydrogen) atoms. The highest BCUT2D eigenvalue weighted by atomic mass is 16.1. The highest BCUT2D eigenvalue weighted by molar-refractivity contribution is 5.86. The predicted molar refractivity (Wildman–Crippen MR) is 75.6 cm³/mol. The molecule has 0 fully saturated rings. The van der Waals surface area contributed by atoms with Crippen LogP contribution in [0.1, 0.15) is 12.5 Å². The van der Waals surface area contributed by atoms with E-state index in [9.17, 15) is 4.79 Å². The fourth-order valence-corrected chi connectivity index (χ4v) is 2.14. The number of rotatable bonds is 6. The average Bonchev–Trinajstić information content (AvgIpc) is 2.36. The van der Waals surface area contributed by atoms with E-state index in [0.717, 1.165) is 6.54 Å². The summed E-state index contributed by atoms with van der Waals surface area (Å²) in [6.45, 7) is 7.10. The zero-order chi connectivity index (χ0) is 13.6. The van der Waals surface area contributed by atoms with Crippen LogP contribution >= 0.6 is 0 Å². The molecule has 0 aliphatic rings. The van der Waals surface area contributed by atoms with Crippen molar-refractivity contribution in [1.29, 1.82) is 0 Å². The summed E-state index contributed by atoms with van der Waals surface area (Å²) in [6.07, 6.45) is 1.31. The second-order valence-corrected chi connectivity index (χ2v) is 5.09. The topological polar surface area (TPSA) is 32.3 Å². The molecule has 1 amide bonds. The van der Waals surface area contributed by atoms with Gasteiger partial charge in [0.2, 0.25) is 5.91 Å². The zero-order valence-corrected chi connectivity index (χ0v) is 11.4. The first kappa shape index (κ1) is 14.5. The van der Waals surface area contributed by atoms with Gasteiger partial charge in [-0.1, -0.05) is 43.8 Å². The zero-order valence-electron chi connectivity index (χ0n) is 11.4. The number of hydrogen-bond donors (Lipinski definition) is 1. The quantitative estimate of drug-likeness (QED) is 0.776. The molecule has 1 unspecified atom stereocenters. The predicted octanol–water partition coefficient (Wildman–Crippen LogP) is 1.81. The van der Waals surface area contributed by atoms with Gasteiger partial charge >= 0.3 is 0 Å². The number of nitrogens with zero attached hydrogens (tertiary/aromatic N) is 1. The molecular formula is C15H22N2O. The maximum absolute atomic E-state index is 11.3. The maximum Gasteiger partial charge on any atom is 0.243 e. The standard InChI is InChI=1S/C15H22N2O/c1-5-14(18)16-11-15(2,12-17(3)4)13-9-7-6-8-10-13/h5-10H,1,11-12H2,2-4H3,(H,16,18). The number of carbonyl (C=O) groups is 1. The molecule has 1 aromatic rings. The molecule has 0 bridgehead atoms. The third-order valence-electron chi connectivity index (χ3n) is 2.97. The Morgan fingerprint density at radius 1 is 1.39 bits per heavy atom. The van der Waals surface area contributed by atoms with Gasteiger partial charge in [0.15, 0.2) is 0 Å². The monoisotopic (exact) mass is 246 g/mol. The van der Waals surface area contributed by atoms with Crippen molar-refractivity contribution in [2.75, 3.05) is 27.2 Å². The second kappa shape index (κ2) is 6.36. The van der Waals surface area contributed by atoms with E-state index in [2.05, 4.69) is 35.9 Å². The van der Waals surface area contributed by atoms with E-state index in [1.54, 1.807) is 0 Å². The summed E-state index contributed by atoms with van der Waals surface area (Å²) in [6, 6.07) is 10.3. The van der Waals surface area contributed by atoms with Crippen LogP contribution in [-0.4, -0.2) is 38.0 Å². The van der Waals surface area contributed by atoms with Crippen LogP contribution in [0, 0.1) is 0 Å². The van der Waals surface area contributed by atoms with Crippen molar-refractivity contribution in [1.82, 2.24) is 10.2 Å². The van der Waals surface area contributed by atoms with Gasteiger partial charge in [0.25, 0.3) is 0 Å². The molecule has 0 aromatic heterocycles. The molecular weight excluding hydrogens is 224 g/mol. The van der Waals surface area contributed by atoms with Gasteiger partial charge in [-0.05, 0) is 25.7 Å². The summed E-state index contributed by atoms with van der Waals surface area (Å²) in [5, 5.41) is 2.89. The Kier molecular flexibility index (Phi) is 5.10. The number of amides is 1. The van der Waals surface area contributed by atoms with Gasteiger partial charge in [-0.2, -0.15) is 0 Å². The lowest BCUT2D eigenvalue weighted by Gasteiger charge is -2.33. The highest BCUT2D eigenvalue weighted by Gasteiger charge is 2.27. The van der Waals surface area contributed by atoms with Crippen molar-refractivity contribution in [3.8, 4) is 0 Å². The van der Waals surface area contributed by atoms with Gasteiger partial charge in [-0.15, -0.1) is 0 Å². The fourth-order valence-electron chi connectivity index (χ4n) is 2.14. The minimum absolute atomic E-state index is 0.108. The van der Waals surface area contributed by atoms with Crippen LogP contribution < -0.4 is 5.32 Å².